The molecule has 0 unspecified atom stereocenters. The van der Waals surface area contributed by atoms with E-state index in [-0.39, 0.29) is 0 Å². The summed E-state index contributed by atoms with van der Waals surface area (Å²) in [5, 5.41) is 0. The van der Waals surface area contributed by atoms with Crippen molar-refractivity contribution in [3.05, 3.63) is 30.2 Å². The molecule has 0 aliphatic heterocycles. The molecule has 2 aromatic rings. The standard InChI is InChI=1S/C12H15N3/c13-11-10-7-3-4-8-15(10)12(14-11)9-5-1-2-6-9/h3-4,7-9H,1-2,5-6,13H2. The van der Waals surface area contributed by atoms with Gasteiger partial charge in [-0.05, 0) is 25.0 Å². The highest BCUT2D eigenvalue weighted by atomic mass is 15.1. The van der Waals surface area contributed by atoms with E-state index >= 15 is 0 Å². The molecule has 1 fully saturated rings. The van der Waals surface area contributed by atoms with Gasteiger partial charge in [0.15, 0.2) is 0 Å². The molecule has 1 saturated carbocycles. The van der Waals surface area contributed by atoms with Crippen molar-refractivity contribution in [1.29, 1.82) is 0 Å². The number of nitrogens with two attached hydrogens (primary N) is 1. The molecule has 3 nitrogen and oxygen atoms in total. The van der Waals surface area contributed by atoms with E-state index in [0.29, 0.717) is 11.7 Å². The van der Waals surface area contributed by atoms with E-state index in [9.17, 15) is 0 Å². The minimum Gasteiger partial charge on any atom is -0.382 e. The molecule has 0 amide bonds. The maximum atomic E-state index is 5.91. The van der Waals surface area contributed by atoms with Crippen LogP contribution in [0.25, 0.3) is 5.52 Å². The normalized spacial score (nSPS) is 17.6. The first-order chi connectivity index (χ1) is 7.36. The summed E-state index contributed by atoms with van der Waals surface area (Å²) in [7, 11) is 0. The van der Waals surface area contributed by atoms with Crippen molar-refractivity contribution in [3.63, 3.8) is 0 Å². The molecule has 0 bridgehead atoms. The first kappa shape index (κ1) is 8.77. The molecule has 15 heavy (non-hydrogen) atoms. The van der Waals surface area contributed by atoms with Gasteiger partial charge in [0.1, 0.15) is 11.6 Å². The SMILES string of the molecule is Nc1nc(C2CCCC2)n2ccccc12. The van der Waals surface area contributed by atoms with Crippen molar-refractivity contribution in [2.75, 3.05) is 5.73 Å². The number of rotatable bonds is 1. The summed E-state index contributed by atoms with van der Waals surface area (Å²) in [6.07, 6.45) is 7.23. The fourth-order valence-corrected chi connectivity index (χ4v) is 2.56. The highest BCUT2D eigenvalue weighted by molar-refractivity contribution is 5.66. The van der Waals surface area contributed by atoms with Crippen molar-refractivity contribution in [2.45, 2.75) is 31.6 Å². The predicted molar refractivity (Wildman–Crippen MR) is 60.8 cm³/mol. The number of hydrogen-bond donors (Lipinski definition) is 1. The molecule has 0 spiro atoms. The summed E-state index contributed by atoms with van der Waals surface area (Å²) in [4.78, 5) is 4.51. The van der Waals surface area contributed by atoms with Crippen molar-refractivity contribution in [2.24, 2.45) is 0 Å². The monoisotopic (exact) mass is 201 g/mol. The van der Waals surface area contributed by atoms with Gasteiger partial charge in [-0.25, -0.2) is 4.98 Å². The molecule has 1 aliphatic rings. The zero-order chi connectivity index (χ0) is 10.3. The molecule has 0 radical (unpaired) electrons. The number of anilines is 1. The van der Waals surface area contributed by atoms with E-state index in [1.807, 2.05) is 18.2 Å². The van der Waals surface area contributed by atoms with E-state index in [1.54, 1.807) is 0 Å². The van der Waals surface area contributed by atoms with Crippen molar-refractivity contribution in [1.82, 2.24) is 9.38 Å². The Morgan fingerprint density at radius 1 is 1.27 bits per heavy atom. The molecule has 2 aromatic heterocycles. The molecule has 0 saturated heterocycles. The molecule has 2 N–H and O–H groups in total. The Hall–Kier alpha value is -1.51. The first-order valence-corrected chi connectivity index (χ1v) is 5.59. The highest BCUT2D eigenvalue weighted by Crippen LogP contribution is 2.34. The van der Waals surface area contributed by atoms with E-state index in [1.165, 1.54) is 25.7 Å². The van der Waals surface area contributed by atoms with Gasteiger partial charge in [-0.15, -0.1) is 0 Å². The zero-order valence-corrected chi connectivity index (χ0v) is 8.69. The average Bonchev–Trinajstić information content (AvgIpc) is 2.87. The van der Waals surface area contributed by atoms with E-state index in [0.717, 1.165) is 11.3 Å². The molecule has 0 aromatic carbocycles. The van der Waals surface area contributed by atoms with Crippen LogP contribution in [-0.2, 0) is 0 Å². The summed E-state index contributed by atoms with van der Waals surface area (Å²) in [6, 6.07) is 6.07. The topological polar surface area (TPSA) is 43.3 Å². The fourth-order valence-electron chi connectivity index (χ4n) is 2.56. The van der Waals surface area contributed by atoms with Crippen LogP contribution in [0, 0.1) is 0 Å². The summed E-state index contributed by atoms with van der Waals surface area (Å²) >= 11 is 0. The Morgan fingerprint density at radius 2 is 2.07 bits per heavy atom. The van der Waals surface area contributed by atoms with Gasteiger partial charge in [0.25, 0.3) is 0 Å². The Kier molecular flexibility index (Phi) is 1.91. The van der Waals surface area contributed by atoms with Gasteiger partial charge in [0.2, 0.25) is 0 Å². The fraction of sp³-hybridized carbons (Fsp3) is 0.417. The quantitative estimate of drug-likeness (QED) is 0.770. The lowest BCUT2D eigenvalue weighted by Crippen LogP contribution is -1.99. The van der Waals surface area contributed by atoms with Crippen LogP contribution in [-0.4, -0.2) is 9.38 Å². The van der Waals surface area contributed by atoms with Crippen molar-refractivity contribution < 1.29 is 0 Å². The lowest BCUT2D eigenvalue weighted by atomic mass is 10.1. The Balaban J connectivity index is 2.17. The van der Waals surface area contributed by atoms with Crippen LogP contribution in [0.3, 0.4) is 0 Å². The maximum absolute atomic E-state index is 5.91. The minimum absolute atomic E-state index is 0.609. The maximum Gasteiger partial charge on any atom is 0.149 e. The largest absolute Gasteiger partial charge is 0.382 e. The van der Waals surface area contributed by atoms with Crippen LogP contribution in [0.1, 0.15) is 37.4 Å². The van der Waals surface area contributed by atoms with Gasteiger partial charge in [-0.2, -0.15) is 0 Å². The molecular formula is C12H15N3. The van der Waals surface area contributed by atoms with Crippen LogP contribution in [0.5, 0.6) is 0 Å². The Bertz CT molecular complexity index is 481. The molecule has 1 aliphatic carbocycles. The third-order valence-electron chi connectivity index (χ3n) is 3.32. The molecule has 0 atom stereocenters. The summed E-state index contributed by atoms with van der Waals surface area (Å²) < 4.78 is 2.14. The minimum atomic E-state index is 0.609. The van der Waals surface area contributed by atoms with Crippen LogP contribution >= 0.6 is 0 Å². The van der Waals surface area contributed by atoms with Gasteiger partial charge < -0.3 is 10.1 Å². The van der Waals surface area contributed by atoms with E-state index < -0.39 is 0 Å². The summed E-state index contributed by atoms with van der Waals surface area (Å²) in [6.45, 7) is 0. The van der Waals surface area contributed by atoms with Gasteiger partial charge >= 0.3 is 0 Å². The average molecular weight is 201 g/mol. The Labute approximate surface area is 88.9 Å². The molecule has 3 rings (SSSR count). The number of aromatic nitrogens is 2. The van der Waals surface area contributed by atoms with Gasteiger partial charge in [0, 0.05) is 12.1 Å². The first-order valence-electron chi connectivity index (χ1n) is 5.59. The lowest BCUT2D eigenvalue weighted by molar-refractivity contribution is 0.665. The van der Waals surface area contributed by atoms with Crippen LogP contribution < -0.4 is 5.73 Å². The molecule has 3 heteroatoms. The molecule has 2 heterocycles. The summed E-state index contributed by atoms with van der Waals surface area (Å²) in [5.41, 5.74) is 6.95. The zero-order valence-electron chi connectivity index (χ0n) is 8.69. The Morgan fingerprint density at radius 3 is 2.87 bits per heavy atom. The van der Waals surface area contributed by atoms with E-state index in [4.69, 9.17) is 5.73 Å². The van der Waals surface area contributed by atoms with Crippen LogP contribution in [0.2, 0.25) is 0 Å². The lowest BCUT2D eigenvalue weighted by Gasteiger charge is -2.06. The van der Waals surface area contributed by atoms with Crippen LogP contribution in [0.4, 0.5) is 5.82 Å². The summed E-state index contributed by atoms with van der Waals surface area (Å²) in [5.74, 6) is 2.43. The van der Waals surface area contributed by atoms with Gasteiger partial charge in [-0.1, -0.05) is 18.9 Å². The second-order valence-electron chi connectivity index (χ2n) is 4.29. The van der Waals surface area contributed by atoms with Gasteiger partial charge in [0.05, 0.1) is 5.52 Å². The smallest absolute Gasteiger partial charge is 0.149 e. The second kappa shape index (κ2) is 3.26. The number of hydrogen-bond acceptors (Lipinski definition) is 2. The number of pyridine rings is 1. The molecule has 78 valence electrons. The highest BCUT2D eigenvalue weighted by Gasteiger charge is 2.22. The number of fused-ring (bicyclic) bond motifs is 1. The molecular weight excluding hydrogens is 186 g/mol. The predicted octanol–water partition coefficient (Wildman–Crippen LogP) is 2.57. The third-order valence-corrected chi connectivity index (χ3v) is 3.32. The number of nitrogen functional groups attached to an aromatic ring is 1. The number of imidazole rings is 1. The third kappa shape index (κ3) is 1.30. The van der Waals surface area contributed by atoms with Crippen molar-refractivity contribution >= 4 is 11.3 Å². The second-order valence-corrected chi connectivity index (χ2v) is 4.29. The number of nitrogens with zero attached hydrogens (tertiary/aromatic N) is 2. The van der Waals surface area contributed by atoms with Crippen LogP contribution in [0.15, 0.2) is 24.4 Å². The van der Waals surface area contributed by atoms with Crippen molar-refractivity contribution in [3.8, 4) is 0 Å². The van der Waals surface area contributed by atoms with E-state index in [2.05, 4.69) is 15.6 Å². The van der Waals surface area contributed by atoms with Gasteiger partial charge in [-0.3, -0.25) is 0 Å².